The van der Waals surface area contributed by atoms with Crippen LogP contribution in [0.3, 0.4) is 0 Å². The largest absolute Gasteiger partial charge is 0.495 e. The summed E-state index contributed by atoms with van der Waals surface area (Å²) >= 11 is 3.30. The van der Waals surface area contributed by atoms with Crippen molar-refractivity contribution in [2.75, 3.05) is 19.0 Å². The summed E-state index contributed by atoms with van der Waals surface area (Å²) in [6, 6.07) is 11.2. The third-order valence-corrected chi connectivity index (χ3v) is 4.35. The van der Waals surface area contributed by atoms with Crippen LogP contribution in [0.1, 0.15) is 0 Å². The van der Waals surface area contributed by atoms with Crippen molar-refractivity contribution >= 4 is 37.5 Å². The van der Waals surface area contributed by atoms with Gasteiger partial charge in [-0.3, -0.25) is 4.79 Å². The van der Waals surface area contributed by atoms with Gasteiger partial charge in [-0.05, 0) is 36.4 Å². The number of sulfonamides is 1. The number of nitrogens with one attached hydrogen (secondary N) is 1. The summed E-state index contributed by atoms with van der Waals surface area (Å²) in [6.07, 6.45) is 0. The second-order valence-corrected chi connectivity index (χ2v) is 7.15. The second-order valence-electron chi connectivity index (χ2n) is 4.70. The molecule has 0 fully saturated rings. The summed E-state index contributed by atoms with van der Waals surface area (Å²) in [5.74, 6) is 0.181. The molecule has 128 valence electrons. The minimum absolute atomic E-state index is 0.0980. The topological polar surface area (TPSA) is 108 Å². The lowest BCUT2D eigenvalue weighted by molar-refractivity contribution is -0.118. The first kappa shape index (κ1) is 18.2. The van der Waals surface area contributed by atoms with Gasteiger partial charge in [0, 0.05) is 10.2 Å². The van der Waals surface area contributed by atoms with Crippen LogP contribution in [0.4, 0.5) is 5.69 Å². The third kappa shape index (κ3) is 4.95. The number of nitrogens with two attached hydrogens (primary N) is 1. The van der Waals surface area contributed by atoms with Crippen molar-refractivity contribution in [3.63, 3.8) is 0 Å². The number of primary sulfonamides is 1. The van der Waals surface area contributed by atoms with Crippen molar-refractivity contribution in [2.24, 2.45) is 5.14 Å². The summed E-state index contributed by atoms with van der Waals surface area (Å²) in [5.41, 5.74) is 0.266. The summed E-state index contributed by atoms with van der Waals surface area (Å²) in [6.45, 7) is -0.229. The number of amides is 1. The monoisotopic (exact) mass is 414 g/mol. The normalized spacial score (nSPS) is 11.0. The molecule has 0 unspecified atom stereocenters. The number of rotatable bonds is 6. The lowest BCUT2D eigenvalue weighted by Crippen LogP contribution is -2.21. The molecule has 0 heterocycles. The molecule has 0 radical (unpaired) electrons. The molecule has 2 aromatic rings. The minimum atomic E-state index is -3.98. The van der Waals surface area contributed by atoms with Crippen molar-refractivity contribution in [1.29, 1.82) is 0 Å². The number of ether oxygens (including phenoxy) is 2. The van der Waals surface area contributed by atoms with Crippen molar-refractivity contribution in [3.05, 3.63) is 46.9 Å². The number of carbonyl (C=O) groups excluding carboxylic acids is 1. The fraction of sp³-hybridized carbons (Fsp3) is 0.133. The Morgan fingerprint density at radius 3 is 2.62 bits per heavy atom. The number of hydrogen-bond donors (Lipinski definition) is 2. The first-order chi connectivity index (χ1) is 11.3. The van der Waals surface area contributed by atoms with E-state index in [2.05, 4.69) is 21.2 Å². The van der Waals surface area contributed by atoms with Crippen LogP contribution in [-0.2, 0) is 14.8 Å². The maximum absolute atomic E-state index is 11.9. The average Bonchev–Trinajstić information content (AvgIpc) is 2.52. The van der Waals surface area contributed by atoms with Crippen molar-refractivity contribution in [1.82, 2.24) is 0 Å². The van der Waals surface area contributed by atoms with E-state index in [0.29, 0.717) is 5.75 Å². The second kappa shape index (κ2) is 7.65. The number of hydrogen-bond acceptors (Lipinski definition) is 5. The highest BCUT2D eigenvalue weighted by Gasteiger charge is 2.16. The van der Waals surface area contributed by atoms with Gasteiger partial charge in [0.05, 0.1) is 7.11 Å². The Morgan fingerprint density at radius 2 is 2.00 bits per heavy atom. The zero-order chi connectivity index (χ0) is 17.7. The first-order valence-electron chi connectivity index (χ1n) is 6.68. The van der Waals surface area contributed by atoms with E-state index in [9.17, 15) is 13.2 Å². The van der Waals surface area contributed by atoms with Crippen LogP contribution in [0.15, 0.2) is 51.8 Å². The number of halogens is 1. The van der Waals surface area contributed by atoms with Gasteiger partial charge in [-0.1, -0.05) is 22.0 Å². The molecule has 0 saturated heterocycles. The molecule has 0 aliphatic rings. The summed E-state index contributed by atoms with van der Waals surface area (Å²) in [5, 5.41) is 7.67. The Bertz CT molecular complexity index is 855. The zero-order valence-corrected chi connectivity index (χ0v) is 15.1. The Balaban J connectivity index is 2.06. The molecule has 0 aromatic heterocycles. The Morgan fingerprint density at radius 1 is 1.25 bits per heavy atom. The standard InChI is InChI=1S/C15H15BrN2O5S/c1-22-13-6-5-11(8-14(13)24(17,20)21)18-15(19)9-23-12-4-2-3-10(16)7-12/h2-8H,9H2,1H3,(H,18,19)(H2,17,20,21). The highest BCUT2D eigenvalue weighted by atomic mass is 79.9. The lowest BCUT2D eigenvalue weighted by Gasteiger charge is -2.11. The summed E-state index contributed by atoms with van der Waals surface area (Å²) < 4.78 is 34.2. The van der Waals surface area contributed by atoms with Crippen LogP contribution in [0.2, 0.25) is 0 Å². The van der Waals surface area contributed by atoms with Gasteiger partial charge in [-0.25, -0.2) is 13.6 Å². The lowest BCUT2D eigenvalue weighted by atomic mass is 10.3. The predicted molar refractivity (Wildman–Crippen MR) is 92.6 cm³/mol. The Hall–Kier alpha value is -2.10. The average molecular weight is 415 g/mol. The molecule has 1 amide bonds. The number of carbonyl (C=O) groups is 1. The van der Waals surface area contributed by atoms with Crippen molar-refractivity contribution in [3.8, 4) is 11.5 Å². The van der Waals surface area contributed by atoms with E-state index in [1.165, 1.54) is 25.3 Å². The van der Waals surface area contributed by atoms with Gasteiger partial charge < -0.3 is 14.8 Å². The highest BCUT2D eigenvalue weighted by Crippen LogP contribution is 2.26. The van der Waals surface area contributed by atoms with Crippen molar-refractivity contribution < 1.29 is 22.7 Å². The van der Waals surface area contributed by atoms with Crippen LogP contribution < -0.4 is 19.9 Å². The third-order valence-electron chi connectivity index (χ3n) is 2.92. The quantitative estimate of drug-likeness (QED) is 0.752. The minimum Gasteiger partial charge on any atom is -0.495 e. The SMILES string of the molecule is COc1ccc(NC(=O)COc2cccc(Br)c2)cc1S(N)(=O)=O. The smallest absolute Gasteiger partial charge is 0.262 e. The van der Waals surface area contributed by atoms with Gasteiger partial charge in [0.1, 0.15) is 16.4 Å². The molecule has 24 heavy (non-hydrogen) atoms. The predicted octanol–water partition coefficient (Wildman–Crippen LogP) is 2.12. The van der Waals surface area contributed by atoms with Gasteiger partial charge in [-0.15, -0.1) is 0 Å². The molecule has 0 spiro atoms. The molecule has 2 aromatic carbocycles. The highest BCUT2D eigenvalue weighted by molar-refractivity contribution is 9.10. The van der Waals surface area contributed by atoms with Crippen LogP contribution in [0.25, 0.3) is 0 Å². The van der Waals surface area contributed by atoms with E-state index in [-0.39, 0.29) is 22.9 Å². The fourth-order valence-corrected chi connectivity index (χ4v) is 2.98. The van der Waals surface area contributed by atoms with Crippen LogP contribution in [-0.4, -0.2) is 28.0 Å². The fourth-order valence-electron chi connectivity index (χ4n) is 1.88. The molecule has 0 atom stereocenters. The molecular formula is C15H15BrN2O5S. The van der Waals surface area contributed by atoms with Gasteiger partial charge >= 0.3 is 0 Å². The van der Waals surface area contributed by atoms with Gasteiger partial charge in [0.2, 0.25) is 10.0 Å². The van der Waals surface area contributed by atoms with E-state index < -0.39 is 15.9 Å². The molecule has 3 N–H and O–H groups in total. The Labute approximate surface area is 147 Å². The molecule has 0 bridgehead atoms. The molecule has 0 aliphatic heterocycles. The van der Waals surface area contributed by atoms with E-state index >= 15 is 0 Å². The molecular weight excluding hydrogens is 400 g/mol. The molecule has 0 saturated carbocycles. The van der Waals surface area contributed by atoms with Gasteiger partial charge in [0.15, 0.2) is 6.61 Å². The Kier molecular flexibility index (Phi) is 5.81. The first-order valence-corrected chi connectivity index (χ1v) is 9.02. The molecule has 0 aliphatic carbocycles. The van der Waals surface area contributed by atoms with E-state index in [1.54, 1.807) is 18.2 Å². The van der Waals surface area contributed by atoms with Gasteiger partial charge in [0.25, 0.3) is 5.91 Å². The molecule has 2 rings (SSSR count). The van der Waals surface area contributed by atoms with E-state index in [0.717, 1.165) is 4.47 Å². The maximum Gasteiger partial charge on any atom is 0.262 e. The number of anilines is 1. The zero-order valence-electron chi connectivity index (χ0n) is 12.7. The summed E-state index contributed by atoms with van der Waals surface area (Å²) in [4.78, 5) is 11.7. The van der Waals surface area contributed by atoms with E-state index in [1.807, 2.05) is 6.07 Å². The number of methoxy groups -OCH3 is 1. The molecule has 9 heteroatoms. The van der Waals surface area contributed by atoms with Gasteiger partial charge in [-0.2, -0.15) is 0 Å². The van der Waals surface area contributed by atoms with E-state index in [4.69, 9.17) is 14.6 Å². The maximum atomic E-state index is 11.9. The van der Waals surface area contributed by atoms with Crippen LogP contribution in [0.5, 0.6) is 11.5 Å². The van der Waals surface area contributed by atoms with Crippen LogP contribution in [0, 0.1) is 0 Å². The number of benzene rings is 2. The van der Waals surface area contributed by atoms with Crippen molar-refractivity contribution in [2.45, 2.75) is 4.90 Å². The van der Waals surface area contributed by atoms with Crippen LogP contribution >= 0.6 is 15.9 Å². The summed E-state index contributed by atoms with van der Waals surface area (Å²) in [7, 11) is -2.65. The molecule has 7 nitrogen and oxygen atoms in total.